The molecule has 2 aromatic rings. The lowest BCUT2D eigenvalue weighted by Crippen LogP contribution is -2.36. The highest BCUT2D eigenvalue weighted by Crippen LogP contribution is 2.31. The number of hydrogen-bond donors (Lipinski definition) is 1. The van der Waals surface area contributed by atoms with Crippen molar-refractivity contribution >= 4 is 34.8 Å². The Bertz CT molecular complexity index is 794. The van der Waals surface area contributed by atoms with Gasteiger partial charge in [0.1, 0.15) is 18.1 Å². The summed E-state index contributed by atoms with van der Waals surface area (Å²) in [5.74, 6) is -0.751. The molecule has 25 heavy (non-hydrogen) atoms. The lowest BCUT2D eigenvalue weighted by atomic mass is 10.2. The van der Waals surface area contributed by atoms with Crippen LogP contribution in [0.1, 0.15) is 12.5 Å². The van der Waals surface area contributed by atoms with E-state index < -0.39 is 11.7 Å². The molecular formula is C18H18ClFN2O3. The Morgan fingerprint density at radius 3 is 2.44 bits per heavy atom. The maximum atomic E-state index is 13.0. The van der Waals surface area contributed by atoms with Crippen LogP contribution >= 0.6 is 11.6 Å². The number of anilines is 2. The van der Waals surface area contributed by atoms with Crippen LogP contribution in [0.5, 0.6) is 5.75 Å². The number of carbonyl (C=O) groups is 2. The molecule has 2 aromatic carbocycles. The SMILES string of the molecule is COc1cc(Cl)c(C)cc1NC(=O)CN(C(C)=O)c1ccc(F)cc1. The third kappa shape index (κ3) is 4.70. The first-order valence-electron chi connectivity index (χ1n) is 7.49. The smallest absolute Gasteiger partial charge is 0.244 e. The number of nitrogens with zero attached hydrogens (tertiary/aromatic N) is 1. The Morgan fingerprint density at radius 2 is 1.88 bits per heavy atom. The number of amides is 2. The van der Waals surface area contributed by atoms with Crippen molar-refractivity contribution in [1.29, 1.82) is 0 Å². The second-order valence-electron chi connectivity index (χ2n) is 5.43. The van der Waals surface area contributed by atoms with Crippen molar-refractivity contribution in [2.24, 2.45) is 0 Å². The van der Waals surface area contributed by atoms with Crippen molar-refractivity contribution < 1.29 is 18.7 Å². The van der Waals surface area contributed by atoms with Crippen molar-refractivity contribution in [2.75, 3.05) is 23.9 Å². The number of rotatable bonds is 5. The Kier molecular flexibility index (Phi) is 5.98. The molecule has 0 bridgehead atoms. The van der Waals surface area contributed by atoms with E-state index in [0.717, 1.165) is 5.56 Å². The Labute approximate surface area is 150 Å². The van der Waals surface area contributed by atoms with Crippen molar-refractivity contribution in [2.45, 2.75) is 13.8 Å². The maximum absolute atomic E-state index is 13.0. The van der Waals surface area contributed by atoms with E-state index in [-0.39, 0.29) is 12.5 Å². The molecule has 7 heteroatoms. The van der Waals surface area contributed by atoms with Crippen LogP contribution in [-0.2, 0) is 9.59 Å². The second-order valence-corrected chi connectivity index (χ2v) is 5.84. The molecule has 0 fully saturated rings. The third-order valence-corrected chi connectivity index (χ3v) is 3.98. The normalized spacial score (nSPS) is 10.3. The van der Waals surface area contributed by atoms with Crippen LogP contribution in [-0.4, -0.2) is 25.5 Å². The molecule has 0 heterocycles. The Morgan fingerprint density at radius 1 is 1.24 bits per heavy atom. The molecule has 0 aliphatic carbocycles. The van der Waals surface area contributed by atoms with E-state index in [9.17, 15) is 14.0 Å². The number of ether oxygens (including phenoxy) is 1. The molecule has 0 unspecified atom stereocenters. The van der Waals surface area contributed by atoms with Crippen LogP contribution in [0, 0.1) is 12.7 Å². The van der Waals surface area contributed by atoms with Crippen LogP contribution in [0.4, 0.5) is 15.8 Å². The fraction of sp³-hybridized carbons (Fsp3) is 0.222. The molecule has 0 aliphatic rings. The number of aryl methyl sites for hydroxylation is 1. The van der Waals surface area contributed by atoms with E-state index in [1.165, 1.54) is 43.2 Å². The van der Waals surface area contributed by atoms with Gasteiger partial charge in [-0.1, -0.05) is 11.6 Å². The molecule has 0 aliphatic heterocycles. The van der Waals surface area contributed by atoms with Gasteiger partial charge in [0.2, 0.25) is 11.8 Å². The Balaban J connectivity index is 2.18. The molecule has 0 aromatic heterocycles. The fourth-order valence-corrected chi connectivity index (χ4v) is 2.42. The first-order chi connectivity index (χ1) is 11.8. The summed E-state index contributed by atoms with van der Waals surface area (Å²) < 4.78 is 18.3. The summed E-state index contributed by atoms with van der Waals surface area (Å²) in [5, 5.41) is 3.23. The number of halogens is 2. The Hall–Kier alpha value is -2.60. The van der Waals surface area contributed by atoms with Gasteiger partial charge in [-0.15, -0.1) is 0 Å². The highest BCUT2D eigenvalue weighted by Gasteiger charge is 2.17. The van der Waals surface area contributed by atoms with Gasteiger partial charge in [-0.05, 0) is 42.8 Å². The zero-order valence-corrected chi connectivity index (χ0v) is 14.9. The topological polar surface area (TPSA) is 58.6 Å². The van der Waals surface area contributed by atoms with E-state index in [1.807, 2.05) is 0 Å². The molecule has 2 rings (SSSR count). The minimum Gasteiger partial charge on any atom is -0.495 e. The van der Waals surface area contributed by atoms with Gasteiger partial charge in [-0.2, -0.15) is 0 Å². The fourth-order valence-electron chi connectivity index (χ4n) is 2.27. The summed E-state index contributed by atoms with van der Waals surface area (Å²) >= 11 is 6.04. The molecule has 0 radical (unpaired) electrons. The zero-order valence-electron chi connectivity index (χ0n) is 14.1. The summed E-state index contributed by atoms with van der Waals surface area (Å²) in [6, 6.07) is 8.64. The van der Waals surface area contributed by atoms with Gasteiger partial charge in [0.25, 0.3) is 0 Å². The van der Waals surface area contributed by atoms with Crippen LogP contribution in [0.25, 0.3) is 0 Å². The lowest BCUT2D eigenvalue weighted by molar-refractivity contribution is -0.120. The summed E-state index contributed by atoms with van der Waals surface area (Å²) in [5.41, 5.74) is 1.67. The molecule has 0 saturated heterocycles. The first-order valence-corrected chi connectivity index (χ1v) is 7.87. The van der Waals surface area contributed by atoms with Crippen molar-refractivity contribution in [1.82, 2.24) is 0 Å². The average molecular weight is 365 g/mol. The highest BCUT2D eigenvalue weighted by molar-refractivity contribution is 6.31. The first kappa shape index (κ1) is 18.7. The van der Waals surface area contributed by atoms with Gasteiger partial charge >= 0.3 is 0 Å². The van der Waals surface area contributed by atoms with E-state index in [2.05, 4.69) is 5.32 Å². The molecule has 1 N–H and O–H groups in total. The van der Waals surface area contributed by atoms with Crippen LogP contribution in [0.3, 0.4) is 0 Å². The molecule has 5 nitrogen and oxygen atoms in total. The van der Waals surface area contributed by atoms with Gasteiger partial charge in [0.05, 0.1) is 12.8 Å². The van der Waals surface area contributed by atoms with E-state index in [1.54, 1.807) is 19.1 Å². The predicted molar refractivity (Wildman–Crippen MR) is 95.8 cm³/mol. The van der Waals surface area contributed by atoms with Crippen molar-refractivity contribution in [3.63, 3.8) is 0 Å². The summed E-state index contributed by atoms with van der Waals surface area (Å²) in [6.45, 7) is 2.92. The van der Waals surface area contributed by atoms with Gasteiger partial charge in [-0.25, -0.2) is 4.39 Å². The molecular weight excluding hydrogens is 347 g/mol. The molecule has 0 spiro atoms. The maximum Gasteiger partial charge on any atom is 0.244 e. The van der Waals surface area contributed by atoms with Gasteiger partial charge in [-0.3, -0.25) is 9.59 Å². The van der Waals surface area contributed by atoms with Gasteiger partial charge in [0.15, 0.2) is 0 Å². The molecule has 132 valence electrons. The van der Waals surface area contributed by atoms with E-state index in [4.69, 9.17) is 16.3 Å². The number of nitrogens with one attached hydrogen (secondary N) is 1. The number of hydrogen-bond acceptors (Lipinski definition) is 3. The van der Waals surface area contributed by atoms with Crippen molar-refractivity contribution in [3.05, 3.63) is 52.8 Å². The second kappa shape index (κ2) is 7.98. The largest absolute Gasteiger partial charge is 0.495 e. The predicted octanol–water partition coefficient (Wildman–Crippen LogP) is 3.79. The van der Waals surface area contributed by atoms with Gasteiger partial charge in [0, 0.05) is 23.7 Å². The lowest BCUT2D eigenvalue weighted by Gasteiger charge is -2.21. The van der Waals surface area contributed by atoms with Crippen LogP contribution < -0.4 is 15.0 Å². The number of benzene rings is 2. The minimum atomic E-state index is -0.418. The van der Waals surface area contributed by atoms with E-state index in [0.29, 0.717) is 22.1 Å². The summed E-state index contributed by atoms with van der Waals surface area (Å²) in [7, 11) is 1.47. The minimum absolute atomic E-state index is 0.216. The monoisotopic (exact) mass is 364 g/mol. The van der Waals surface area contributed by atoms with E-state index >= 15 is 0 Å². The van der Waals surface area contributed by atoms with Gasteiger partial charge < -0.3 is 15.0 Å². The quantitative estimate of drug-likeness (QED) is 0.878. The molecule has 2 amide bonds. The number of methoxy groups -OCH3 is 1. The summed E-state index contributed by atoms with van der Waals surface area (Å²) in [6.07, 6.45) is 0. The summed E-state index contributed by atoms with van der Waals surface area (Å²) in [4.78, 5) is 25.5. The van der Waals surface area contributed by atoms with Crippen molar-refractivity contribution in [3.8, 4) is 5.75 Å². The van der Waals surface area contributed by atoms with Crippen LogP contribution in [0.15, 0.2) is 36.4 Å². The third-order valence-electron chi connectivity index (χ3n) is 3.57. The number of carbonyl (C=O) groups excluding carboxylic acids is 2. The molecule has 0 saturated carbocycles. The average Bonchev–Trinajstić information content (AvgIpc) is 2.56. The highest BCUT2D eigenvalue weighted by atomic mass is 35.5. The van der Waals surface area contributed by atoms with Crippen LogP contribution in [0.2, 0.25) is 5.02 Å². The molecule has 0 atom stereocenters. The standard InChI is InChI=1S/C18H18ClFN2O3/c1-11-8-16(17(25-3)9-15(11)19)21-18(24)10-22(12(2)23)14-6-4-13(20)5-7-14/h4-9H,10H2,1-3H3,(H,21,24). The zero-order chi connectivity index (χ0) is 18.6.